The molecule has 19 nitrogen and oxygen atoms in total. The van der Waals surface area contributed by atoms with Gasteiger partial charge in [-0.1, -0.05) is 113 Å². The molecule has 434 valence electrons. The Bertz CT molecular complexity index is 2360. The van der Waals surface area contributed by atoms with Gasteiger partial charge in [-0.15, -0.1) is 0 Å². The number of benzene rings is 2. The summed E-state index contributed by atoms with van der Waals surface area (Å²) in [6.45, 7) is 20.3. The monoisotopic (exact) mass is 1100 g/mol. The largest absolute Gasteiger partial charge is 0.449 e. The number of carbonyl (C=O) groups is 6. The summed E-state index contributed by atoms with van der Waals surface area (Å²) in [6.07, 6.45) is -1.20. The second kappa shape index (κ2) is 30.4. The lowest BCUT2D eigenvalue weighted by atomic mass is 9.83. The van der Waals surface area contributed by atoms with E-state index in [0.29, 0.717) is 25.8 Å². The third-order valence-corrected chi connectivity index (χ3v) is 15.5. The zero-order valence-corrected chi connectivity index (χ0v) is 49.2. The van der Waals surface area contributed by atoms with Crippen molar-refractivity contribution in [1.29, 1.82) is 0 Å². The molecule has 2 aromatic rings. The van der Waals surface area contributed by atoms with Crippen LogP contribution in [-0.2, 0) is 59.4 Å². The third-order valence-electron chi connectivity index (χ3n) is 14.7. The number of hydrogen-bond donors (Lipinski definition) is 3. The fourth-order valence-electron chi connectivity index (χ4n) is 10.1. The Labute approximate surface area is 458 Å². The molecule has 3 rings (SSSR count). The number of hydrogen-bond acceptors (Lipinski definition) is 15. The van der Waals surface area contributed by atoms with Gasteiger partial charge in [0.1, 0.15) is 18.1 Å². The van der Waals surface area contributed by atoms with Gasteiger partial charge in [0.05, 0.1) is 55.2 Å². The molecule has 1 saturated heterocycles. The first-order valence-corrected chi connectivity index (χ1v) is 28.4. The number of rotatable bonds is 31. The van der Waals surface area contributed by atoms with E-state index in [-0.39, 0.29) is 103 Å². The number of anilines is 1. The molecule has 0 unspecified atom stereocenters. The molecule has 0 bridgehead atoms. The average molecular weight is 1100 g/mol. The normalized spacial score (nSPS) is 17.6. The fraction of sp³-hybridized carbons (Fsp3) is 0.684. The number of amides is 4. The first-order chi connectivity index (χ1) is 36.0. The van der Waals surface area contributed by atoms with E-state index in [0.717, 1.165) is 5.56 Å². The van der Waals surface area contributed by atoms with Crippen molar-refractivity contribution in [2.24, 2.45) is 46.7 Å². The zero-order chi connectivity index (χ0) is 58.1. The van der Waals surface area contributed by atoms with E-state index in [1.54, 1.807) is 58.6 Å². The Morgan fingerprint density at radius 1 is 0.857 bits per heavy atom. The molecule has 1 aliphatic rings. The molecule has 1 aliphatic heterocycles. The number of carbonyl (C=O) groups excluding carboxylic acids is 6. The number of nitrogens with zero attached hydrogens (tertiary/aromatic N) is 3. The summed E-state index contributed by atoms with van der Waals surface area (Å²) >= 11 is 0. The average Bonchev–Trinajstić information content (AvgIpc) is 3.86. The van der Waals surface area contributed by atoms with Crippen LogP contribution in [-0.4, -0.2) is 142 Å². The van der Waals surface area contributed by atoms with Crippen LogP contribution >= 0.6 is 0 Å². The number of aliphatic hydroxyl groups excluding tert-OH is 1. The number of nitrogens with one attached hydrogen (secondary N) is 1. The van der Waals surface area contributed by atoms with Gasteiger partial charge in [-0.25, -0.2) is 8.98 Å². The smallest absolute Gasteiger partial charge is 0.444 e. The lowest BCUT2D eigenvalue weighted by Crippen LogP contribution is -2.54. The van der Waals surface area contributed by atoms with Crippen LogP contribution in [0.25, 0.3) is 0 Å². The minimum absolute atomic E-state index is 0.0369. The third kappa shape index (κ3) is 19.4. The second-order valence-corrected chi connectivity index (χ2v) is 23.9. The quantitative estimate of drug-likeness (QED) is 0.0653. The predicted molar refractivity (Wildman–Crippen MR) is 295 cm³/mol. The SMILES string of the molecule is CC[C@H](C)[C@@H]([C@@H](CC(=O)N1CCC[C@H]1[C@H](OC)[C@@H](C)C(=O)C[C@H](C)[C@@H](O)c1ccccc1)OC)N(C)C(=O)[C@@H](CC(=O)[C@H](C(C)C)N(C)C(=O)OCc1ccc(OS(=O)(=O)OCC(C)(C)C)cc1NC(=O)CCN)C(C)C. The summed E-state index contributed by atoms with van der Waals surface area (Å²) in [4.78, 5) is 88.5. The number of ether oxygens (including phenoxy) is 3. The topological polar surface area (TPSA) is 251 Å². The first kappa shape index (κ1) is 66.3. The minimum atomic E-state index is -4.48. The molecule has 0 radical (unpaired) electrons. The Morgan fingerprint density at radius 2 is 1.51 bits per heavy atom. The van der Waals surface area contributed by atoms with E-state index >= 15 is 0 Å². The number of methoxy groups -OCH3 is 2. The molecular weight excluding hydrogens is 1010 g/mol. The minimum Gasteiger partial charge on any atom is -0.444 e. The fourth-order valence-corrected chi connectivity index (χ4v) is 11.0. The lowest BCUT2D eigenvalue weighted by Gasteiger charge is -2.41. The molecule has 77 heavy (non-hydrogen) atoms. The maximum atomic E-state index is 14.8. The molecule has 20 heteroatoms. The van der Waals surface area contributed by atoms with Gasteiger partial charge < -0.3 is 49.3 Å². The number of likely N-dealkylation sites (tertiary alicyclic amines) is 1. The molecule has 4 amide bonds. The Balaban J connectivity index is 1.79. The van der Waals surface area contributed by atoms with Gasteiger partial charge in [-0.2, -0.15) is 8.42 Å². The van der Waals surface area contributed by atoms with E-state index in [4.69, 9.17) is 28.3 Å². The highest BCUT2D eigenvalue weighted by Gasteiger charge is 2.44. The van der Waals surface area contributed by atoms with Gasteiger partial charge in [0, 0.05) is 84.1 Å². The number of likely N-dealkylation sites (N-methyl/N-ethyl adjacent to an activating group) is 2. The predicted octanol–water partition coefficient (Wildman–Crippen LogP) is 7.73. The van der Waals surface area contributed by atoms with Crippen LogP contribution in [0.4, 0.5) is 10.5 Å². The van der Waals surface area contributed by atoms with E-state index in [1.807, 2.05) is 71.9 Å². The Morgan fingerprint density at radius 3 is 2.06 bits per heavy atom. The second-order valence-electron chi connectivity index (χ2n) is 22.7. The van der Waals surface area contributed by atoms with Gasteiger partial charge in [-0.05, 0) is 59.6 Å². The number of aliphatic hydroxyl groups is 1. The van der Waals surface area contributed by atoms with Crippen molar-refractivity contribution in [3.63, 3.8) is 0 Å². The molecule has 10 atom stereocenters. The first-order valence-electron chi connectivity index (χ1n) is 27.0. The van der Waals surface area contributed by atoms with E-state index < -0.39 is 82.6 Å². The van der Waals surface area contributed by atoms with Crippen molar-refractivity contribution in [1.82, 2.24) is 14.7 Å². The van der Waals surface area contributed by atoms with Crippen LogP contribution in [0.3, 0.4) is 0 Å². The molecule has 1 fully saturated rings. The highest BCUT2D eigenvalue weighted by Crippen LogP contribution is 2.34. The van der Waals surface area contributed by atoms with E-state index in [2.05, 4.69) is 5.32 Å². The summed E-state index contributed by atoms with van der Waals surface area (Å²) < 4.78 is 53.2. The highest BCUT2D eigenvalue weighted by atomic mass is 32.3. The van der Waals surface area contributed by atoms with Crippen LogP contribution in [0.2, 0.25) is 0 Å². The van der Waals surface area contributed by atoms with Crippen molar-refractivity contribution in [3.8, 4) is 5.75 Å². The molecule has 0 aromatic heterocycles. The summed E-state index contributed by atoms with van der Waals surface area (Å²) in [5.41, 5.74) is 6.23. The van der Waals surface area contributed by atoms with Gasteiger partial charge in [0.15, 0.2) is 5.78 Å². The summed E-state index contributed by atoms with van der Waals surface area (Å²) in [5.74, 6) is -4.19. The lowest BCUT2D eigenvalue weighted by molar-refractivity contribution is -0.149. The zero-order valence-electron chi connectivity index (χ0n) is 48.4. The van der Waals surface area contributed by atoms with E-state index in [9.17, 15) is 42.3 Å². The van der Waals surface area contributed by atoms with Gasteiger partial charge in [0.2, 0.25) is 17.7 Å². The summed E-state index contributed by atoms with van der Waals surface area (Å²) in [5, 5.41) is 13.7. The van der Waals surface area contributed by atoms with Gasteiger partial charge >= 0.3 is 16.5 Å². The maximum Gasteiger partial charge on any atom is 0.449 e. The maximum absolute atomic E-state index is 14.8. The molecule has 0 saturated carbocycles. The van der Waals surface area contributed by atoms with Crippen LogP contribution in [0, 0.1) is 40.9 Å². The van der Waals surface area contributed by atoms with Crippen LogP contribution in [0.5, 0.6) is 5.75 Å². The molecule has 4 N–H and O–H groups in total. The Kier molecular flexibility index (Phi) is 26.2. The van der Waals surface area contributed by atoms with Crippen molar-refractivity contribution >= 4 is 51.5 Å². The van der Waals surface area contributed by atoms with Gasteiger partial charge in [0.25, 0.3) is 0 Å². The van der Waals surface area contributed by atoms with Crippen molar-refractivity contribution in [2.45, 2.75) is 164 Å². The van der Waals surface area contributed by atoms with E-state index in [1.165, 1.54) is 37.3 Å². The number of ketones is 2. The number of Topliss-reactive ketones (excluding diaryl/α,β-unsaturated/α-hetero) is 2. The van der Waals surface area contributed by atoms with Crippen molar-refractivity contribution in [2.75, 3.05) is 53.3 Å². The highest BCUT2D eigenvalue weighted by molar-refractivity contribution is 7.82. The summed E-state index contributed by atoms with van der Waals surface area (Å²) in [7, 11) is 1.69. The summed E-state index contributed by atoms with van der Waals surface area (Å²) in [6, 6.07) is 11.3. The molecular formula is C57H91N5O14S. The molecule has 0 aliphatic carbocycles. The number of nitrogens with two attached hydrogens (primary N) is 1. The van der Waals surface area contributed by atoms with Crippen molar-refractivity contribution < 1.29 is 64.9 Å². The molecule has 1 heterocycles. The Hall–Kier alpha value is -4.99. The standard InChI is InChI=1S/C57H91N5O14S/c1-16-37(6)52(48(72-14)32-50(66)62-28-20-23-45(62)54(73-15)39(8)46(63)29-38(7)53(67)40-21-18-17-19-22-40)60(12)55(68)43(35(2)3)31-47(64)51(36(4)5)61(13)56(69)74-33-41-24-25-42(30-44(41)59-49(65)26-27-58)76-77(70,71)75-34-57(9,10)11/h17-19,21-22,24-25,30,35-39,43,45,48,51-54,67H,16,20,23,26-29,31-34,58H2,1-15H3,(H,59,65)/t37-,38-,39-,43-,45-,48+,51-,52-,53+,54+/m0/s1. The molecule has 0 spiro atoms. The van der Waals surface area contributed by atoms with Crippen LogP contribution in [0.1, 0.15) is 138 Å². The molecule has 2 aromatic carbocycles. The van der Waals surface area contributed by atoms with Crippen molar-refractivity contribution in [3.05, 3.63) is 59.7 Å². The van der Waals surface area contributed by atoms with Crippen LogP contribution < -0.4 is 15.2 Å². The van der Waals surface area contributed by atoms with Gasteiger partial charge in [-0.3, -0.25) is 24.0 Å². The van der Waals surface area contributed by atoms with Crippen LogP contribution in [0.15, 0.2) is 48.5 Å².